The minimum absolute atomic E-state index is 0.755. The number of hydrogen-bond donors (Lipinski definition) is 1. The normalized spacial score (nSPS) is 26.2. The molecule has 19 heavy (non-hydrogen) atoms. The van der Waals surface area contributed by atoms with E-state index in [-0.39, 0.29) is 0 Å². The van der Waals surface area contributed by atoms with E-state index in [1.165, 1.54) is 44.2 Å². The molecular formula is C18H29N. The highest BCUT2D eigenvalue weighted by Gasteiger charge is 2.39. The molecule has 0 aliphatic heterocycles. The van der Waals surface area contributed by atoms with Gasteiger partial charge in [0.1, 0.15) is 0 Å². The second-order valence-corrected chi connectivity index (χ2v) is 5.97. The Labute approximate surface area is 118 Å². The Kier molecular flexibility index (Phi) is 5.45. The minimum Gasteiger partial charge on any atom is -0.314 e. The van der Waals surface area contributed by atoms with Gasteiger partial charge in [0.2, 0.25) is 0 Å². The summed E-state index contributed by atoms with van der Waals surface area (Å²) in [5, 5.41) is 3.70. The van der Waals surface area contributed by atoms with Crippen molar-refractivity contribution in [3.63, 3.8) is 0 Å². The molecule has 106 valence electrons. The summed E-state index contributed by atoms with van der Waals surface area (Å²) in [5.41, 5.74) is 3.04. The molecule has 1 aromatic carbocycles. The first-order valence-electron chi connectivity index (χ1n) is 8.12. The van der Waals surface area contributed by atoms with Crippen LogP contribution in [0.15, 0.2) is 24.3 Å². The van der Waals surface area contributed by atoms with Crippen LogP contribution in [-0.2, 0) is 6.42 Å². The van der Waals surface area contributed by atoms with Crippen molar-refractivity contribution in [2.75, 3.05) is 6.54 Å². The van der Waals surface area contributed by atoms with E-state index in [1.807, 2.05) is 0 Å². The van der Waals surface area contributed by atoms with E-state index in [0.717, 1.165) is 17.9 Å². The zero-order chi connectivity index (χ0) is 13.7. The number of benzene rings is 1. The van der Waals surface area contributed by atoms with Gasteiger partial charge in [-0.05, 0) is 48.8 Å². The highest BCUT2D eigenvalue weighted by Crippen LogP contribution is 2.44. The highest BCUT2D eigenvalue weighted by atomic mass is 14.9. The maximum absolute atomic E-state index is 3.70. The summed E-state index contributed by atoms with van der Waals surface area (Å²) in [6, 6.07) is 10.2. The Hall–Kier alpha value is -0.820. The van der Waals surface area contributed by atoms with Gasteiger partial charge < -0.3 is 5.32 Å². The molecule has 1 aliphatic carbocycles. The molecule has 1 heteroatoms. The monoisotopic (exact) mass is 259 g/mol. The Morgan fingerprint density at radius 3 is 2.37 bits per heavy atom. The second kappa shape index (κ2) is 7.09. The fraction of sp³-hybridized carbons (Fsp3) is 0.667. The number of rotatable bonds is 7. The summed E-state index contributed by atoms with van der Waals surface area (Å²) in [5.74, 6) is 1.62. The van der Waals surface area contributed by atoms with Crippen LogP contribution in [-0.4, -0.2) is 12.6 Å². The summed E-state index contributed by atoms with van der Waals surface area (Å²) in [7, 11) is 0. The standard InChI is InChI=1S/C18H29N/c1-4-7-14-8-10-15(11-9-14)17-13-18(16(17)6-3)19-12-5-2/h8-11,16-19H,4-7,12-13H2,1-3H3. The summed E-state index contributed by atoms with van der Waals surface area (Å²) < 4.78 is 0. The lowest BCUT2D eigenvalue weighted by Crippen LogP contribution is -2.49. The molecule has 3 unspecified atom stereocenters. The van der Waals surface area contributed by atoms with Gasteiger partial charge in [-0.3, -0.25) is 0 Å². The number of hydrogen-bond acceptors (Lipinski definition) is 1. The van der Waals surface area contributed by atoms with Gasteiger partial charge in [0, 0.05) is 6.04 Å². The maximum atomic E-state index is 3.70. The third kappa shape index (κ3) is 3.39. The van der Waals surface area contributed by atoms with Gasteiger partial charge in [0.25, 0.3) is 0 Å². The van der Waals surface area contributed by atoms with Crippen LogP contribution in [0.3, 0.4) is 0 Å². The average Bonchev–Trinajstić information content (AvgIpc) is 2.40. The van der Waals surface area contributed by atoms with E-state index in [0.29, 0.717) is 0 Å². The van der Waals surface area contributed by atoms with Gasteiger partial charge in [-0.1, -0.05) is 57.9 Å². The maximum Gasteiger partial charge on any atom is 0.0107 e. The summed E-state index contributed by atoms with van der Waals surface area (Å²) >= 11 is 0. The third-order valence-corrected chi connectivity index (χ3v) is 4.62. The molecule has 0 aromatic heterocycles. The molecule has 0 radical (unpaired) electrons. The van der Waals surface area contributed by atoms with E-state index in [9.17, 15) is 0 Å². The van der Waals surface area contributed by atoms with Crippen molar-refractivity contribution in [2.45, 2.75) is 64.8 Å². The van der Waals surface area contributed by atoms with E-state index < -0.39 is 0 Å². The fourth-order valence-corrected chi connectivity index (χ4v) is 3.44. The van der Waals surface area contributed by atoms with Gasteiger partial charge in [0.05, 0.1) is 0 Å². The smallest absolute Gasteiger partial charge is 0.0107 e. The summed E-state index contributed by atoms with van der Waals surface area (Å²) in [6.07, 6.45) is 6.31. The lowest BCUT2D eigenvalue weighted by Gasteiger charge is -2.45. The van der Waals surface area contributed by atoms with Crippen LogP contribution in [0.2, 0.25) is 0 Å². The van der Waals surface area contributed by atoms with E-state index in [2.05, 4.69) is 50.4 Å². The average molecular weight is 259 g/mol. The van der Waals surface area contributed by atoms with Crippen molar-refractivity contribution in [3.8, 4) is 0 Å². The lowest BCUT2D eigenvalue weighted by atomic mass is 9.65. The molecule has 1 aliphatic rings. The minimum atomic E-state index is 0.755. The molecule has 0 bridgehead atoms. The van der Waals surface area contributed by atoms with Crippen LogP contribution in [0.5, 0.6) is 0 Å². The molecule has 0 amide bonds. The van der Waals surface area contributed by atoms with E-state index in [1.54, 1.807) is 5.56 Å². The molecule has 1 saturated carbocycles. The molecule has 3 atom stereocenters. The first-order valence-corrected chi connectivity index (χ1v) is 8.12. The first-order chi connectivity index (χ1) is 9.30. The molecule has 1 fully saturated rings. The molecular weight excluding hydrogens is 230 g/mol. The van der Waals surface area contributed by atoms with Crippen LogP contribution in [0.1, 0.15) is 63.5 Å². The van der Waals surface area contributed by atoms with Crippen LogP contribution in [0.25, 0.3) is 0 Å². The molecule has 0 spiro atoms. The molecule has 1 N–H and O–H groups in total. The Morgan fingerprint density at radius 2 is 1.79 bits per heavy atom. The predicted octanol–water partition coefficient (Wildman–Crippen LogP) is 4.52. The predicted molar refractivity (Wildman–Crippen MR) is 83.7 cm³/mol. The zero-order valence-electron chi connectivity index (χ0n) is 12.8. The number of aryl methyl sites for hydroxylation is 1. The van der Waals surface area contributed by atoms with E-state index in [4.69, 9.17) is 0 Å². The van der Waals surface area contributed by atoms with Crippen LogP contribution in [0.4, 0.5) is 0 Å². The fourth-order valence-electron chi connectivity index (χ4n) is 3.44. The Balaban J connectivity index is 1.95. The quantitative estimate of drug-likeness (QED) is 0.759. The molecule has 1 nitrogen and oxygen atoms in total. The topological polar surface area (TPSA) is 12.0 Å². The molecule has 0 heterocycles. The van der Waals surface area contributed by atoms with Crippen molar-refractivity contribution in [2.24, 2.45) is 5.92 Å². The van der Waals surface area contributed by atoms with Gasteiger partial charge in [-0.15, -0.1) is 0 Å². The molecule has 0 saturated heterocycles. The largest absolute Gasteiger partial charge is 0.314 e. The van der Waals surface area contributed by atoms with Gasteiger partial charge in [0.15, 0.2) is 0 Å². The lowest BCUT2D eigenvalue weighted by molar-refractivity contribution is 0.161. The Morgan fingerprint density at radius 1 is 1.05 bits per heavy atom. The van der Waals surface area contributed by atoms with Crippen molar-refractivity contribution in [3.05, 3.63) is 35.4 Å². The Bertz CT molecular complexity index is 368. The number of nitrogens with one attached hydrogen (secondary N) is 1. The van der Waals surface area contributed by atoms with Gasteiger partial charge >= 0.3 is 0 Å². The van der Waals surface area contributed by atoms with Crippen molar-refractivity contribution >= 4 is 0 Å². The van der Waals surface area contributed by atoms with Crippen molar-refractivity contribution in [1.82, 2.24) is 5.32 Å². The zero-order valence-corrected chi connectivity index (χ0v) is 12.8. The second-order valence-electron chi connectivity index (χ2n) is 5.97. The van der Waals surface area contributed by atoms with Gasteiger partial charge in [-0.2, -0.15) is 0 Å². The van der Waals surface area contributed by atoms with E-state index >= 15 is 0 Å². The van der Waals surface area contributed by atoms with Crippen LogP contribution >= 0.6 is 0 Å². The summed E-state index contributed by atoms with van der Waals surface area (Å²) in [6.45, 7) is 8.00. The molecule has 2 rings (SSSR count). The first kappa shape index (κ1) is 14.6. The van der Waals surface area contributed by atoms with Crippen LogP contribution < -0.4 is 5.32 Å². The SMILES string of the molecule is CCCNC1CC(c2ccc(CCC)cc2)C1CC. The van der Waals surface area contributed by atoms with Crippen molar-refractivity contribution in [1.29, 1.82) is 0 Å². The molecule has 1 aromatic rings. The van der Waals surface area contributed by atoms with Gasteiger partial charge in [-0.25, -0.2) is 0 Å². The highest BCUT2D eigenvalue weighted by molar-refractivity contribution is 5.29. The summed E-state index contributed by atoms with van der Waals surface area (Å²) in [4.78, 5) is 0. The van der Waals surface area contributed by atoms with Crippen LogP contribution in [0, 0.1) is 5.92 Å². The van der Waals surface area contributed by atoms with Crippen molar-refractivity contribution < 1.29 is 0 Å². The third-order valence-electron chi connectivity index (χ3n) is 4.62.